The van der Waals surface area contributed by atoms with Crippen molar-refractivity contribution < 1.29 is 28.7 Å². The van der Waals surface area contributed by atoms with Crippen LogP contribution in [0.5, 0.6) is 17.2 Å². The van der Waals surface area contributed by atoms with Crippen molar-refractivity contribution >= 4 is 34.8 Å². The molecule has 2 heterocycles. The molecule has 0 bridgehead atoms. The van der Waals surface area contributed by atoms with E-state index in [4.69, 9.17) is 23.9 Å². The highest BCUT2D eigenvalue weighted by Crippen LogP contribution is 2.38. The summed E-state index contributed by atoms with van der Waals surface area (Å²) in [4.78, 5) is 44.0. The minimum Gasteiger partial charge on any atom is -0.493 e. The van der Waals surface area contributed by atoms with E-state index in [0.717, 1.165) is 5.56 Å². The van der Waals surface area contributed by atoms with Crippen LogP contribution >= 0.6 is 11.3 Å². The number of benzene rings is 4. The van der Waals surface area contributed by atoms with Crippen LogP contribution in [0.25, 0.3) is 11.8 Å². The Hall–Kier alpha value is -6.01. The molecule has 4 aromatic carbocycles. The normalized spacial score (nSPS) is 14.1. The predicted molar refractivity (Wildman–Crippen MR) is 184 cm³/mol. The lowest BCUT2D eigenvalue weighted by atomic mass is 9.93. The minimum absolute atomic E-state index is 0.00699. The van der Waals surface area contributed by atoms with Crippen LogP contribution in [-0.4, -0.2) is 36.3 Å². The van der Waals surface area contributed by atoms with Gasteiger partial charge in [0.2, 0.25) is 0 Å². The summed E-state index contributed by atoms with van der Waals surface area (Å²) < 4.78 is 24.6. The average molecular weight is 678 g/mol. The van der Waals surface area contributed by atoms with Crippen molar-refractivity contribution in [2.45, 2.75) is 19.6 Å². The zero-order chi connectivity index (χ0) is 34.5. The molecule has 49 heavy (non-hydrogen) atoms. The van der Waals surface area contributed by atoms with Gasteiger partial charge in [0, 0.05) is 23.3 Å². The number of rotatable bonds is 11. The molecule has 6 rings (SSSR count). The molecular formula is C37H31N3O8S. The van der Waals surface area contributed by atoms with Crippen molar-refractivity contribution in [2.24, 2.45) is 4.99 Å². The zero-order valence-electron chi connectivity index (χ0n) is 26.8. The maximum absolute atomic E-state index is 14.4. The van der Waals surface area contributed by atoms with Gasteiger partial charge < -0.3 is 18.9 Å². The van der Waals surface area contributed by atoms with Crippen molar-refractivity contribution in [2.75, 3.05) is 20.8 Å². The van der Waals surface area contributed by atoms with E-state index in [1.54, 1.807) is 49.4 Å². The highest BCUT2D eigenvalue weighted by molar-refractivity contribution is 7.07. The Labute approximate surface area is 284 Å². The summed E-state index contributed by atoms with van der Waals surface area (Å²) >= 11 is 1.19. The molecule has 5 aromatic rings. The number of esters is 1. The van der Waals surface area contributed by atoms with Crippen LogP contribution in [0, 0.1) is 10.1 Å². The number of para-hydroxylation sites is 1. The minimum atomic E-state index is -0.902. The molecule has 0 fully saturated rings. The van der Waals surface area contributed by atoms with Crippen LogP contribution < -0.4 is 29.1 Å². The molecule has 0 aliphatic carbocycles. The van der Waals surface area contributed by atoms with Gasteiger partial charge in [0.1, 0.15) is 12.4 Å². The molecule has 248 valence electrons. The lowest BCUT2D eigenvalue weighted by Crippen LogP contribution is -2.40. The van der Waals surface area contributed by atoms with Gasteiger partial charge in [-0.05, 0) is 54.5 Å². The van der Waals surface area contributed by atoms with Crippen LogP contribution in [0.3, 0.4) is 0 Å². The standard InChI is InChI=1S/C37H31N3O8S/c1-4-47-36(42)32-33(24-10-6-5-7-11-24)38-37-39(34(32)26-16-19-29(45-2)30(20-26)46-3)35(41)31(49-37)21-25-12-8-9-13-28(25)48-22-23-14-17-27(18-15-23)40(43)44/h5-21,34H,4,22H2,1-3H3/b31-21+/t34-/m1/s1. The number of nitro groups is 1. The summed E-state index contributed by atoms with van der Waals surface area (Å²) in [7, 11) is 3.05. The maximum Gasteiger partial charge on any atom is 0.338 e. The number of carbonyl (C=O) groups excluding carboxylic acids is 1. The molecule has 1 aliphatic rings. The van der Waals surface area contributed by atoms with Crippen molar-refractivity contribution in [1.29, 1.82) is 0 Å². The Morgan fingerprint density at radius 2 is 1.65 bits per heavy atom. The maximum atomic E-state index is 14.4. The number of ether oxygens (including phenoxy) is 4. The number of thiazole rings is 1. The number of non-ortho nitro benzene ring substituents is 1. The zero-order valence-corrected chi connectivity index (χ0v) is 27.6. The molecule has 0 saturated heterocycles. The number of aromatic nitrogens is 1. The van der Waals surface area contributed by atoms with Gasteiger partial charge in [-0.15, -0.1) is 0 Å². The molecular weight excluding hydrogens is 646 g/mol. The van der Waals surface area contributed by atoms with E-state index in [1.165, 1.54) is 42.3 Å². The van der Waals surface area contributed by atoms with Crippen LogP contribution in [0.15, 0.2) is 112 Å². The van der Waals surface area contributed by atoms with Gasteiger partial charge in [-0.3, -0.25) is 19.5 Å². The molecule has 1 aromatic heterocycles. The second-order valence-electron chi connectivity index (χ2n) is 10.8. The molecule has 0 amide bonds. The van der Waals surface area contributed by atoms with Gasteiger partial charge in [0.25, 0.3) is 11.2 Å². The molecule has 0 saturated carbocycles. The molecule has 1 atom stereocenters. The smallest absolute Gasteiger partial charge is 0.338 e. The van der Waals surface area contributed by atoms with E-state index in [9.17, 15) is 19.7 Å². The fourth-order valence-corrected chi connectivity index (χ4v) is 6.52. The SMILES string of the molecule is CCOC(=O)C1=C(c2ccccc2)N=c2s/c(=C/c3ccccc3OCc3ccc([N+](=O)[O-])cc3)c(=O)n2[C@@H]1c1ccc(OC)c(OC)c1. The van der Waals surface area contributed by atoms with Crippen molar-refractivity contribution in [1.82, 2.24) is 4.57 Å². The highest BCUT2D eigenvalue weighted by atomic mass is 32.1. The van der Waals surface area contributed by atoms with E-state index in [1.807, 2.05) is 48.5 Å². The van der Waals surface area contributed by atoms with Crippen molar-refractivity contribution in [3.63, 3.8) is 0 Å². The first-order chi connectivity index (χ1) is 23.8. The Balaban J connectivity index is 1.51. The number of methoxy groups -OCH3 is 2. The van der Waals surface area contributed by atoms with E-state index in [-0.39, 0.29) is 30.0 Å². The topological polar surface area (TPSA) is 131 Å². The molecule has 0 N–H and O–H groups in total. The number of nitro benzene ring substituents is 1. The van der Waals surface area contributed by atoms with Gasteiger partial charge in [0.05, 0.1) is 47.6 Å². The Bertz CT molecular complexity index is 2240. The molecule has 11 nitrogen and oxygen atoms in total. The predicted octanol–water partition coefficient (Wildman–Crippen LogP) is 5.44. The Morgan fingerprint density at radius 1 is 0.939 bits per heavy atom. The Kier molecular flexibility index (Phi) is 9.67. The molecule has 12 heteroatoms. The highest BCUT2D eigenvalue weighted by Gasteiger charge is 2.35. The molecule has 0 spiro atoms. The van der Waals surface area contributed by atoms with Crippen LogP contribution in [0.2, 0.25) is 0 Å². The van der Waals surface area contributed by atoms with E-state index >= 15 is 0 Å². The number of fused-ring (bicyclic) bond motifs is 1. The third kappa shape index (κ3) is 6.72. The van der Waals surface area contributed by atoms with E-state index < -0.39 is 16.9 Å². The summed E-state index contributed by atoms with van der Waals surface area (Å²) in [5, 5.41) is 11.0. The lowest BCUT2D eigenvalue weighted by Gasteiger charge is -2.26. The molecule has 1 aliphatic heterocycles. The van der Waals surface area contributed by atoms with Crippen LogP contribution in [0.1, 0.15) is 35.2 Å². The third-order valence-electron chi connectivity index (χ3n) is 7.84. The van der Waals surface area contributed by atoms with E-state index in [2.05, 4.69) is 0 Å². The van der Waals surface area contributed by atoms with Crippen LogP contribution in [0.4, 0.5) is 5.69 Å². The summed E-state index contributed by atoms with van der Waals surface area (Å²) in [6.07, 6.45) is 1.73. The van der Waals surface area contributed by atoms with Gasteiger partial charge in [0.15, 0.2) is 16.3 Å². The first kappa shape index (κ1) is 32.9. The second kappa shape index (κ2) is 14.4. The summed E-state index contributed by atoms with van der Waals surface area (Å²) in [6.45, 7) is 2.01. The van der Waals surface area contributed by atoms with Crippen molar-refractivity contribution in [3.05, 3.63) is 155 Å². The van der Waals surface area contributed by atoms with Gasteiger partial charge >= 0.3 is 5.97 Å². The van der Waals surface area contributed by atoms with Gasteiger partial charge in [-0.2, -0.15) is 0 Å². The fraction of sp³-hybridized carbons (Fsp3) is 0.162. The first-order valence-electron chi connectivity index (χ1n) is 15.3. The first-order valence-corrected chi connectivity index (χ1v) is 16.1. The number of nitrogens with zero attached hydrogens (tertiary/aromatic N) is 3. The third-order valence-corrected chi connectivity index (χ3v) is 8.83. The largest absolute Gasteiger partial charge is 0.493 e. The van der Waals surface area contributed by atoms with Gasteiger partial charge in [-0.25, -0.2) is 9.79 Å². The quantitative estimate of drug-likeness (QED) is 0.103. The monoisotopic (exact) mass is 677 g/mol. The van der Waals surface area contributed by atoms with E-state index in [0.29, 0.717) is 49.0 Å². The fourth-order valence-electron chi connectivity index (χ4n) is 5.53. The van der Waals surface area contributed by atoms with Gasteiger partial charge in [-0.1, -0.05) is 65.9 Å². The molecule has 0 radical (unpaired) electrons. The number of hydrogen-bond acceptors (Lipinski definition) is 10. The summed E-state index contributed by atoms with van der Waals surface area (Å²) in [5.74, 6) is 0.848. The lowest BCUT2D eigenvalue weighted by molar-refractivity contribution is -0.384. The second-order valence-corrected chi connectivity index (χ2v) is 11.8. The summed E-state index contributed by atoms with van der Waals surface area (Å²) in [6, 6.07) is 27.1. The summed E-state index contributed by atoms with van der Waals surface area (Å²) in [5.41, 5.74) is 2.93. The van der Waals surface area contributed by atoms with Crippen molar-refractivity contribution in [3.8, 4) is 17.2 Å². The number of carbonyl (C=O) groups is 1. The average Bonchev–Trinajstić information content (AvgIpc) is 3.44. The number of hydrogen-bond donors (Lipinski definition) is 0. The Morgan fingerprint density at radius 3 is 2.35 bits per heavy atom. The molecule has 0 unspecified atom stereocenters. The van der Waals surface area contributed by atoms with Crippen LogP contribution in [-0.2, 0) is 16.1 Å².